The van der Waals surface area contributed by atoms with E-state index >= 15 is 0 Å². The molecule has 2 aromatic rings. The van der Waals surface area contributed by atoms with E-state index in [2.05, 4.69) is 34.6 Å². The van der Waals surface area contributed by atoms with E-state index in [1.54, 1.807) is 17.4 Å². The van der Waals surface area contributed by atoms with E-state index < -0.39 is 0 Å². The van der Waals surface area contributed by atoms with Gasteiger partial charge in [-0.3, -0.25) is 0 Å². The lowest BCUT2D eigenvalue weighted by Gasteiger charge is -2.28. The van der Waals surface area contributed by atoms with Crippen molar-refractivity contribution in [2.24, 2.45) is 0 Å². The van der Waals surface area contributed by atoms with Crippen LogP contribution >= 0.6 is 22.9 Å². The third kappa shape index (κ3) is 2.58. The second-order valence-electron chi connectivity index (χ2n) is 4.68. The zero-order valence-electron chi connectivity index (χ0n) is 10.8. The van der Waals surface area contributed by atoms with Crippen LogP contribution in [-0.4, -0.2) is 13.1 Å². The van der Waals surface area contributed by atoms with E-state index in [0.29, 0.717) is 10.6 Å². The van der Waals surface area contributed by atoms with Crippen LogP contribution in [0.25, 0.3) is 5.57 Å². The predicted octanol–water partition coefficient (Wildman–Crippen LogP) is 4.57. The lowest BCUT2D eigenvalue weighted by Crippen LogP contribution is -2.28. The molecule has 1 aromatic heterocycles. The molecule has 0 radical (unpaired) electrons. The van der Waals surface area contributed by atoms with Gasteiger partial charge in [-0.2, -0.15) is 5.26 Å². The maximum absolute atomic E-state index is 8.90. The molecule has 1 aromatic carbocycles. The molecule has 20 heavy (non-hydrogen) atoms. The van der Waals surface area contributed by atoms with Crippen LogP contribution in [0.2, 0.25) is 5.02 Å². The van der Waals surface area contributed by atoms with Crippen molar-refractivity contribution >= 4 is 34.2 Å². The molecule has 0 fully saturated rings. The average molecular weight is 301 g/mol. The first-order valence-corrected chi connectivity index (χ1v) is 7.71. The molecule has 0 amide bonds. The zero-order valence-corrected chi connectivity index (χ0v) is 12.4. The second kappa shape index (κ2) is 5.70. The Bertz CT molecular complexity index is 683. The van der Waals surface area contributed by atoms with Gasteiger partial charge >= 0.3 is 0 Å². The number of halogens is 1. The molecule has 1 aliphatic heterocycles. The van der Waals surface area contributed by atoms with E-state index in [1.165, 1.54) is 10.5 Å². The van der Waals surface area contributed by atoms with Gasteiger partial charge in [-0.25, -0.2) is 0 Å². The molecule has 0 spiro atoms. The Morgan fingerprint density at radius 3 is 2.80 bits per heavy atom. The molecule has 100 valence electrons. The first-order chi connectivity index (χ1) is 9.78. The number of benzene rings is 1. The minimum atomic E-state index is 0.526. The molecule has 0 N–H and O–H groups in total. The molecule has 0 bridgehead atoms. The Morgan fingerprint density at radius 1 is 1.30 bits per heavy atom. The molecule has 1 aliphatic rings. The zero-order chi connectivity index (χ0) is 13.9. The summed E-state index contributed by atoms with van der Waals surface area (Å²) in [4.78, 5) is 3.65. The molecule has 0 unspecified atom stereocenters. The largest absolute Gasteiger partial charge is 0.367 e. The standard InChI is InChI=1S/C16H13ClN2S/c17-15-10-14(4-3-13(15)11-18)19-7-5-12(6-8-19)16-2-1-9-20-16/h1-5,9-10H,6-8H2. The van der Waals surface area contributed by atoms with Gasteiger partial charge in [0.1, 0.15) is 6.07 Å². The topological polar surface area (TPSA) is 27.0 Å². The van der Waals surface area contributed by atoms with Gasteiger partial charge in [0.15, 0.2) is 0 Å². The van der Waals surface area contributed by atoms with Crippen LogP contribution in [0.3, 0.4) is 0 Å². The van der Waals surface area contributed by atoms with Gasteiger partial charge in [0.25, 0.3) is 0 Å². The Balaban J connectivity index is 1.78. The number of nitriles is 1. The fourth-order valence-electron chi connectivity index (χ4n) is 2.38. The van der Waals surface area contributed by atoms with Gasteiger partial charge < -0.3 is 4.90 Å². The number of thiophene rings is 1. The molecule has 0 saturated carbocycles. The van der Waals surface area contributed by atoms with Crippen LogP contribution in [0, 0.1) is 11.3 Å². The summed E-state index contributed by atoms with van der Waals surface area (Å²) in [6.07, 6.45) is 3.32. The van der Waals surface area contributed by atoms with Gasteiger partial charge in [0.05, 0.1) is 10.6 Å². The first-order valence-electron chi connectivity index (χ1n) is 6.45. The highest BCUT2D eigenvalue weighted by Gasteiger charge is 2.14. The lowest BCUT2D eigenvalue weighted by molar-refractivity contribution is 0.834. The predicted molar refractivity (Wildman–Crippen MR) is 85.3 cm³/mol. The van der Waals surface area contributed by atoms with Crippen molar-refractivity contribution in [3.05, 3.63) is 57.3 Å². The first kappa shape index (κ1) is 13.2. The summed E-state index contributed by atoms with van der Waals surface area (Å²) in [6.45, 7) is 1.86. The van der Waals surface area contributed by atoms with Crippen LogP contribution in [0.1, 0.15) is 16.9 Å². The number of rotatable bonds is 2. The van der Waals surface area contributed by atoms with E-state index in [4.69, 9.17) is 16.9 Å². The Kier molecular flexibility index (Phi) is 3.77. The summed E-state index contributed by atoms with van der Waals surface area (Å²) in [6, 6.07) is 12.0. The maximum atomic E-state index is 8.90. The molecule has 0 saturated heterocycles. The highest BCUT2D eigenvalue weighted by molar-refractivity contribution is 7.11. The normalized spacial score (nSPS) is 14.8. The maximum Gasteiger partial charge on any atom is 0.101 e. The average Bonchev–Trinajstić information content (AvgIpc) is 3.01. The van der Waals surface area contributed by atoms with Crippen molar-refractivity contribution in [1.82, 2.24) is 0 Å². The quantitative estimate of drug-likeness (QED) is 0.812. The summed E-state index contributed by atoms with van der Waals surface area (Å²) in [5.74, 6) is 0. The molecule has 0 atom stereocenters. The van der Waals surface area contributed by atoms with E-state index in [1.807, 2.05) is 12.1 Å². The minimum Gasteiger partial charge on any atom is -0.367 e. The van der Waals surface area contributed by atoms with E-state index in [-0.39, 0.29) is 0 Å². The lowest BCUT2D eigenvalue weighted by atomic mass is 10.1. The van der Waals surface area contributed by atoms with Crippen molar-refractivity contribution < 1.29 is 0 Å². The highest BCUT2D eigenvalue weighted by Crippen LogP contribution is 2.30. The van der Waals surface area contributed by atoms with E-state index in [0.717, 1.165) is 25.2 Å². The fraction of sp³-hybridized carbons (Fsp3) is 0.188. The molecule has 2 heterocycles. The summed E-state index contributed by atoms with van der Waals surface area (Å²) in [5, 5.41) is 11.5. The highest BCUT2D eigenvalue weighted by atomic mass is 35.5. The summed E-state index contributed by atoms with van der Waals surface area (Å²) in [5.41, 5.74) is 3.04. The van der Waals surface area contributed by atoms with Crippen LogP contribution in [0.15, 0.2) is 41.8 Å². The van der Waals surface area contributed by atoms with Gasteiger partial charge in [-0.1, -0.05) is 23.7 Å². The van der Waals surface area contributed by atoms with Crippen LogP contribution < -0.4 is 4.90 Å². The number of hydrogen-bond acceptors (Lipinski definition) is 3. The smallest absolute Gasteiger partial charge is 0.101 e. The Labute approximate surface area is 127 Å². The van der Waals surface area contributed by atoms with Gasteiger partial charge in [-0.05, 0) is 41.6 Å². The summed E-state index contributed by atoms with van der Waals surface area (Å²) in [7, 11) is 0. The van der Waals surface area contributed by atoms with Crippen molar-refractivity contribution in [2.75, 3.05) is 18.0 Å². The number of nitrogens with zero attached hydrogens (tertiary/aromatic N) is 2. The van der Waals surface area contributed by atoms with Crippen LogP contribution in [-0.2, 0) is 0 Å². The fourth-order valence-corrected chi connectivity index (χ4v) is 3.39. The molecular weight excluding hydrogens is 288 g/mol. The summed E-state index contributed by atoms with van der Waals surface area (Å²) < 4.78 is 0. The Hall–Kier alpha value is -1.76. The summed E-state index contributed by atoms with van der Waals surface area (Å²) >= 11 is 7.89. The van der Waals surface area contributed by atoms with E-state index in [9.17, 15) is 0 Å². The SMILES string of the molecule is N#Cc1ccc(N2CC=C(c3cccs3)CC2)cc1Cl. The van der Waals surface area contributed by atoms with Crippen LogP contribution in [0.4, 0.5) is 5.69 Å². The van der Waals surface area contributed by atoms with Gasteiger partial charge in [-0.15, -0.1) is 11.3 Å². The molecule has 2 nitrogen and oxygen atoms in total. The minimum absolute atomic E-state index is 0.526. The molecule has 4 heteroatoms. The van der Waals surface area contributed by atoms with Crippen molar-refractivity contribution in [2.45, 2.75) is 6.42 Å². The van der Waals surface area contributed by atoms with Crippen molar-refractivity contribution in [3.63, 3.8) is 0 Å². The van der Waals surface area contributed by atoms with Crippen LogP contribution in [0.5, 0.6) is 0 Å². The molecule has 0 aliphatic carbocycles. The second-order valence-corrected chi connectivity index (χ2v) is 6.03. The van der Waals surface area contributed by atoms with Crippen molar-refractivity contribution in [3.8, 4) is 6.07 Å². The Morgan fingerprint density at radius 2 is 2.20 bits per heavy atom. The van der Waals surface area contributed by atoms with Gasteiger partial charge in [0, 0.05) is 23.7 Å². The molecule has 3 rings (SSSR count). The number of hydrogen-bond donors (Lipinski definition) is 0. The van der Waals surface area contributed by atoms with Crippen molar-refractivity contribution in [1.29, 1.82) is 5.26 Å². The molecular formula is C16H13ClN2S. The third-order valence-electron chi connectivity index (χ3n) is 3.49. The van der Waals surface area contributed by atoms with Gasteiger partial charge in [0.2, 0.25) is 0 Å². The number of anilines is 1. The monoisotopic (exact) mass is 300 g/mol. The third-order valence-corrected chi connectivity index (χ3v) is 4.74.